The van der Waals surface area contributed by atoms with Crippen molar-refractivity contribution in [2.75, 3.05) is 25.4 Å². The number of hydrogen-bond donors (Lipinski definition) is 1. The SMILES string of the molecule is CCNC(=O)[C@]1(Cc2cc(-c3ccc(C)cc3)no2)CCCN(S(=O)(=O)CC)C1. The molecule has 1 fully saturated rings. The minimum atomic E-state index is -3.37. The summed E-state index contributed by atoms with van der Waals surface area (Å²) < 4.78 is 31.9. The van der Waals surface area contributed by atoms with Gasteiger partial charge < -0.3 is 9.84 Å². The molecule has 29 heavy (non-hydrogen) atoms. The third-order valence-electron chi connectivity index (χ3n) is 5.54. The summed E-state index contributed by atoms with van der Waals surface area (Å²) in [5.41, 5.74) is 1.95. The van der Waals surface area contributed by atoms with E-state index in [0.29, 0.717) is 43.8 Å². The van der Waals surface area contributed by atoms with Gasteiger partial charge in [-0.2, -0.15) is 0 Å². The summed E-state index contributed by atoms with van der Waals surface area (Å²) in [5.74, 6) is 0.477. The average Bonchev–Trinajstić information content (AvgIpc) is 3.17. The Kier molecular flexibility index (Phi) is 6.43. The number of rotatable bonds is 7. The van der Waals surface area contributed by atoms with E-state index in [0.717, 1.165) is 11.1 Å². The lowest BCUT2D eigenvalue weighted by atomic mass is 9.76. The predicted octanol–water partition coefficient (Wildman–Crippen LogP) is 2.76. The maximum absolute atomic E-state index is 13.0. The molecular weight excluding hydrogens is 390 g/mol. The highest BCUT2D eigenvalue weighted by atomic mass is 32.2. The number of aromatic nitrogens is 1. The number of sulfonamides is 1. The lowest BCUT2D eigenvalue weighted by Gasteiger charge is -2.40. The summed E-state index contributed by atoms with van der Waals surface area (Å²) in [6.07, 6.45) is 1.55. The molecule has 0 spiro atoms. The summed E-state index contributed by atoms with van der Waals surface area (Å²) in [6.45, 7) is 6.61. The maximum atomic E-state index is 13.0. The summed E-state index contributed by atoms with van der Waals surface area (Å²) in [4.78, 5) is 13.0. The third kappa shape index (κ3) is 4.70. The first-order valence-corrected chi connectivity index (χ1v) is 11.7. The summed E-state index contributed by atoms with van der Waals surface area (Å²) >= 11 is 0. The molecule has 0 radical (unpaired) electrons. The monoisotopic (exact) mass is 419 g/mol. The molecule has 1 aromatic heterocycles. The first kappa shape index (κ1) is 21.5. The van der Waals surface area contributed by atoms with E-state index in [2.05, 4.69) is 10.5 Å². The van der Waals surface area contributed by atoms with Gasteiger partial charge in [-0.15, -0.1) is 0 Å². The van der Waals surface area contributed by atoms with Crippen LogP contribution >= 0.6 is 0 Å². The molecule has 0 bridgehead atoms. The van der Waals surface area contributed by atoms with Gasteiger partial charge in [-0.1, -0.05) is 35.0 Å². The molecule has 7 nitrogen and oxygen atoms in total. The van der Waals surface area contributed by atoms with Crippen molar-refractivity contribution in [2.45, 2.75) is 40.0 Å². The van der Waals surface area contributed by atoms with Gasteiger partial charge >= 0.3 is 0 Å². The fourth-order valence-corrected chi connectivity index (χ4v) is 5.07. The number of amides is 1. The molecule has 2 heterocycles. The standard InChI is InChI=1S/C21H29N3O4S/c1-4-22-20(25)21(11-6-12-24(15-21)29(26,27)5-2)14-18-13-19(23-28-18)17-9-7-16(3)8-10-17/h7-10,13H,4-6,11-12,14-15H2,1-3H3,(H,22,25)/t21-/m0/s1. The van der Waals surface area contributed by atoms with Crippen LogP contribution in [0.3, 0.4) is 0 Å². The zero-order valence-electron chi connectivity index (χ0n) is 17.3. The second kappa shape index (κ2) is 8.67. The topological polar surface area (TPSA) is 92.5 Å². The number of carbonyl (C=O) groups excluding carboxylic acids is 1. The minimum Gasteiger partial charge on any atom is -0.361 e. The van der Waals surface area contributed by atoms with Gasteiger partial charge in [0.15, 0.2) is 0 Å². The largest absolute Gasteiger partial charge is 0.361 e. The Morgan fingerprint density at radius 3 is 2.66 bits per heavy atom. The number of hydrogen-bond acceptors (Lipinski definition) is 5. The first-order chi connectivity index (χ1) is 13.8. The van der Waals surface area contributed by atoms with E-state index in [-0.39, 0.29) is 18.2 Å². The smallest absolute Gasteiger partial charge is 0.228 e. The van der Waals surface area contributed by atoms with Gasteiger partial charge in [-0.05, 0) is 33.6 Å². The van der Waals surface area contributed by atoms with Crippen LogP contribution < -0.4 is 5.32 Å². The third-order valence-corrected chi connectivity index (χ3v) is 7.37. The van der Waals surface area contributed by atoms with Gasteiger partial charge in [0.1, 0.15) is 11.5 Å². The zero-order chi connectivity index (χ0) is 21.1. The van der Waals surface area contributed by atoms with E-state index in [1.54, 1.807) is 6.92 Å². The van der Waals surface area contributed by atoms with Crippen molar-refractivity contribution in [1.82, 2.24) is 14.8 Å². The molecule has 0 unspecified atom stereocenters. The fourth-order valence-electron chi connectivity index (χ4n) is 3.86. The zero-order valence-corrected chi connectivity index (χ0v) is 18.1. The molecule has 1 saturated heterocycles. The molecule has 1 aliphatic rings. The Balaban J connectivity index is 1.88. The normalized spacial score (nSPS) is 20.5. The number of benzene rings is 1. The second-order valence-corrected chi connectivity index (χ2v) is 9.96. The quantitative estimate of drug-likeness (QED) is 0.745. The van der Waals surface area contributed by atoms with Crippen LogP contribution in [0.5, 0.6) is 0 Å². The van der Waals surface area contributed by atoms with E-state index < -0.39 is 15.4 Å². The number of nitrogens with one attached hydrogen (secondary N) is 1. The molecule has 1 amide bonds. The van der Waals surface area contributed by atoms with Crippen molar-refractivity contribution in [2.24, 2.45) is 5.41 Å². The van der Waals surface area contributed by atoms with Crippen LogP contribution in [-0.4, -0.2) is 49.2 Å². The Hall–Kier alpha value is -2.19. The Bertz CT molecular complexity index is 953. The van der Waals surface area contributed by atoms with Gasteiger partial charge in [0, 0.05) is 37.7 Å². The molecule has 2 aromatic rings. The van der Waals surface area contributed by atoms with Crippen LogP contribution in [0.1, 0.15) is 38.0 Å². The van der Waals surface area contributed by atoms with Crippen molar-refractivity contribution in [3.05, 3.63) is 41.7 Å². The van der Waals surface area contributed by atoms with Gasteiger partial charge in [-0.25, -0.2) is 12.7 Å². The average molecular weight is 420 g/mol. The number of carbonyl (C=O) groups is 1. The molecular formula is C21H29N3O4S. The second-order valence-electron chi connectivity index (χ2n) is 7.70. The summed E-state index contributed by atoms with van der Waals surface area (Å²) in [7, 11) is -3.37. The van der Waals surface area contributed by atoms with Crippen LogP contribution in [0.2, 0.25) is 0 Å². The number of nitrogens with zero attached hydrogens (tertiary/aromatic N) is 2. The number of piperidine rings is 1. The van der Waals surface area contributed by atoms with E-state index in [4.69, 9.17) is 4.52 Å². The van der Waals surface area contributed by atoms with E-state index in [1.165, 1.54) is 4.31 Å². The van der Waals surface area contributed by atoms with E-state index in [1.807, 2.05) is 44.2 Å². The molecule has 3 rings (SSSR count). The summed E-state index contributed by atoms with van der Waals surface area (Å²) in [5, 5.41) is 7.05. The number of aryl methyl sites for hydroxylation is 1. The van der Waals surface area contributed by atoms with Crippen molar-refractivity contribution in [3.63, 3.8) is 0 Å². The van der Waals surface area contributed by atoms with E-state index >= 15 is 0 Å². The van der Waals surface area contributed by atoms with Crippen LogP contribution in [0.4, 0.5) is 0 Å². The molecule has 1 atom stereocenters. The van der Waals surface area contributed by atoms with Gasteiger partial charge in [0.25, 0.3) is 0 Å². The highest BCUT2D eigenvalue weighted by Gasteiger charge is 2.45. The van der Waals surface area contributed by atoms with Gasteiger partial charge in [0.05, 0.1) is 11.2 Å². The van der Waals surface area contributed by atoms with Crippen molar-refractivity contribution in [1.29, 1.82) is 0 Å². The van der Waals surface area contributed by atoms with Crippen LogP contribution in [0.15, 0.2) is 34.9 Å². The minimum absolute atomic E-state index is 0.0261. The molecule has 158 valence electrons. The highest BCUT2D eigenvalue weighted by molar-refractivity contribution is 7.89. The first-order valence-electron chi connectivity index (χ1n) is 10.1. The fraction of sp³-hybridized carbons (Fsp3) is 0.524. The summed E-state index contributed by atoms with van der Waals surface area (Å²) in [6, 6.07) is 9.82. The van der Waals surface area contributed by atoms with Crippen LogP contribution in [0, 0.1) is 12.3 Å². The Morgan fingerprint density at radius 2 is 2.00 bits per heavy atom. The molecule has 1 aromatic carbocycles. The van der Waals surface area contributed by atoms with Gasteiger partial charge in [-0.3, -0.25) is 4.79 Å². The lowest BCUT2D eigenvalue weighted by Crippen LogP contribution is -2.54. The Labute approximate surface area is 172 Å². The van der Waals surface area contributed by atoms with Crippen molar-refractivity contribution in [3.8, 4) is 11.3 Å². The molecule has 1 aliphatic heterocycles. The molecule has 8 heteroatoms. The van der Waals surface area contributed by atoms with Gasteiger partial charge in [0.2, 0.25) is 15.9 Å². The maximum Gasteiger partial charge on any atom is 0.228 e. The van der Waals surface area contributed by atoms with Crippen LogP contribution in [-0.2, 0) is 21.2 Å². The van der Waals surface area contributed by atoms with E-state index in [9.17, 15) is 13.2 Å². The molecule has 0 aliphatic carbocycles. The lowest BCUT2D eigenvalue weighted by molar-refractivity contribution is -0.133. The van der Waals surface area contributed by atoms with Crippen molar-refractivity contribution >= 4 is 15.9 Å². The molecule has 1 N–H and O–H groups in total. The highest BCUT2D eigenvalue weighted by Crippen LogP contribution is 2.36. The van der Waals surface area contributed by atoms with Crippen LogP contribution in [0.25, 0.3) is 11.3 Å². The van der Waals surface area contributed by atoms with Crippen molar-refractivity contribution < 1.29 is 17.7 Å². The molecule has 0 saturated carbocycles. The predicted molar refractivity (Wildman–Crippen MR) is 112 cm³/mol. The Morgan fingerprint density at radius 1 is 1.28 bits per heavy atom.